The lowest BCUT2D eigenvalue weighted by atomic mass is 10.0. The van der Waals surface area contributed by atoms with Crippen molar-refractivity contribution in [2.45, 2.75) is 18.9 Å². The predicted octanol–water partition coefficient (Wildman–Crippen LogP) is 1.46. The summed E-state index contributed by atoms with van der Waals surface area (Å²) < 4.78 is 4.78. The highest BCUT2D eigenvalue weighted by atomic mass is 16.5. The molecule has 1 fully saturated rings. The third-order valence-corrected chi connectivity index (χ3v) is 4.42. The largest absolute Gasteiger partial charge is 0.453 e. The van der Waals surface area contributed by atoms with Crippen LogP contribution in [0.3, 0.4) is 0 Å². The van der Waals surface area contributed by atoms with Gasteiger partial charge in [0.25, 0.3) is 0 Å². The highest BCUT2D eigenvalue weighted by Gasteiger charge is 2.29. The molecule has 2 amide bonds. The van der Waals surface area contributed by atoms with Crippen molar-refractivity contribution < 1.29 is 14.3 Å². The van der Waals surface area contributed by atoms with Crippen molar-refractivity contribution in [2.24, 2.45) is 0 Å². The molecule has 132 valence electrons. The van der Waals surface area contributed by atoms with Crippen LogP contribution in [0.1, 0.15) is 12.0 Å². The minimum atomic E-state index is -0.322. The number of hydrogen-bond donors (Lipinski definition) is 0. The van der Waals surface area contributed by atoms with Crippen molar-refractivity contribution in [1.29, 1.82) is 0 Å². The average molecular weight is 333 g/mol. The number of rotatable bonds is 4. The molecule has 1 heterocycles. The molecule has 0 saturated carbocycles. The van der Waals surface area contributed by atoms with Gasteiger partial charge in [-0.25, -0.2) is 4.79 Å². The van der Waals surface area contributed by atoms with Gasteiger partial charge in [0.2, 0.25) is 5.91 Å². The number of carbonyl (C=O) groups excluding carboxylic acids is 2. The van der Waals surface area contributed by atoms with E-state index in [2.05, 4.69) is 0 Å². The molecular weight excluding hydrogens is 306 g/mol. The van der Waals surface area contributed by atoms with Crippen molar-refractivity contribution in [3.05, 3.63) is 35.9 Å². The molecule has 2 rings (SSSR count). The summed E-state index contributed by atoms with van der Waals surface area (Å²) in [4.78, 5) is 30.2. The van der Waals surface area contributed by atoms with E-state index in [-0.39, 0.29) is 18.0 Å². The number of likely N-dealkylation sites (N-methyl/N-ethyl adjacent to an activating group) is 1. The Hall–Kier alpha value is -2.08. The first kappa shape index (κ1) is 18.3. The van der Waals surface area contributed by atoms with Crippen molar-refractivity contribution in [3.8, 4) is 0 Å². The molecule has 6 heteroatoms. The number of carbonyl (C=O) groups is 2. The molecule has 1 atom stereocenters. The van der Waals surface area contributed by atoms with Crippen molar-refractivity contribution in [1.82, 2.24) is 14.7 Å². The Kier molecular flexibility index (Phi) is 6.61. The summed E-state index contributed by atoms with van der Waals surface area (Å²) in [6, 6.07) is 9.86. The second kappa shape index (κ2) is 8.68. The van der Waals surface area contributed by atoms with Gasteiger partial charge in [0.1, 0.15) is 0 Å². The van der Waals surface area contributed by atoms with Gasteiger partial charge >= 0.3 is 6.09 Å². The second-order valence-corrected chi connectivity index (χ2v) is 6.31. The molecule has 0 radical (unpaired) electrons. The van der Waals surface area contributed by atoms with Crippen LogP contribution in [0.2, 0.25) is 0 Å². The van der Waals surface area contributed by atoms with E-state index in [1.165, 1.54) is 7.11 Å². The van der Waals surface area contributed by atoms with Gasteiger partial charge in [0.05, 0.1) is 13.2 Å². The van der Waals surface area contributed by atoms with Crippen LogP contribution in [0.15, 0.2) is 30.3 Å². The molecule has 1 saturated heterocycles. The minimum absolute atomic E-state index is 0.121. The molecule has 1 aromatic rings. The highest BCUT2D eigenvalue weighted by molar-refractivity contribution is 5.82. The third kappa shape index (κ3) is 4.71. The highest BCUT2D eigenvalue weighted by Crippen LogP contribution is 2.12. The van der Waals surface area contributed by atoms with Crippen LogP contribution >= 0.6 is 0 Å². The monoisotopic (exact) mass is 333 g/mol. The van der Waals surface area contributed by atoms with E-state index in [1.807, 2.05) is 54.2 Å². The zero-order valence-corrected chi connectivity index (χ0v) is 14.8. The second-order valence-electron chi connectivity index (χ2n) is 6.31. The summed E-state index contributed by atoms with van der Waals surface area (Å²) in [6.45, 7) is 2.37. The number of ether oxygens (including phenoxy) is 1. The quantitative estimate of drug-likeness (QED) is 0.837. The summed E-state index contributed by atoms with van der Waals surface area (Å²) in [5.41, 5.74) is 1.15. The number of methoxy groups -OCH3 is 1. The molecule has 0 bridgehead atoms. The molecule has 0 aromatic heterocycles. The molecule has 24 heavy (non-hydrogen) atoms. The first-order valence-electron chi connectivity index (χ1n) is 8.35. The lowest BCUT2D eigenvalue weighted by Crippen LogP contribution is -2.48. The Morgan fingerprint density at radius 2 is 1.71 bits per heavy atom. The Morgan fingerprint density at radius 3 is 2.33 bits per heavy atom. The lowest BCUT2D eigenvalue weighted by molar-refractivity contribution is -0.136. The maximum atomic E-state index is 13.0. The maximum absolute atomic E-state index is 13.0. The summed E-state index contributed by atoms with van der Waals surface area (Å²) in [5, 5.41) is 0. The smallest absolute Gasteiger partial charge is 0.409 e. The molecule has 0 aliphatic carbocycles. The topological polar surface area (TPSA) is 53.1 Å². The lowest BCUT2D eigenvalue weighted by Gasteiger charge is -2.30. The van der Waals surface area contributed by atoms with Crippen molar-refractivity contribution >= 4 is 12.0 Å². The number of benzene rings is 1. The van der Waals surface area contributed by atoms with Gasteiger partial charge in [-0.2, -0.15) is 0 Å². The van der Waals surface area contributed by atoms with E-state index in [0.717, 1.165) is 12.0 Å². The zero-order valence-electron chi connectivity index (χ0n) is 14.8. The van der Waals surface area contributed by atoms with Crippen LogP contribution in [0.4, 0.5) is 4.79 Å². The fourth-order valence-electron chi connectivity index (χ4n) is 2.99. The third-order valence-electron chi connectivity index (χ3n) is 4.42. The molecule has 1 aromatic carbocycles. The summed E-state index contributed by atoms with van der Waals surface area (Å²) in [7, 11) is 5.26. The first-order chi connectivity index (χ1) is 11.5. The Labute approximate surface area is 144 Å². The van der Waals surface area contributed by atoms with Crippen LogP contribution in [0.25, 0.3) is 0 Å². The SMILES string of the molecule is COC(=O)N1CCCN(C(=O)[C@H](Cc2ccccc2)N(C)C)CC1. The maximum Gasteiger partial charge on any atom is 0.409 e. The van der Waals surface area contributed by atoms with Crippen LogP contribution in [0.5, 0.6) is 0 Å². The van der Waals surface area contributed by atoms with Crippen molar-refractivity contribution in [3.63, 3.8) is 0 Å². The predicted molar refractivity (Wildman–Crippen MR) is 92.8 cm³/mol. The zero-order chi connectivity index (χ0) is 17.5. The van der Waals surface area contributed by atoms with E-state index in [4.69, 9.17) is 4.74 Å². The minimum Gasteiger partial charge on any atom is -0.453 e. The fourth-order valence-corrected chi connectivity index (χ4v) is 2.99. The number of nitrogens with zero attached hydrogens (tertiary/aromatic N) is 3. The molecule has 1 aliphatic rings. The van der Waals surface area contributed by atoms with Crippen molar-refractivity contribution in [2.75, 3.05) is 47.4 Å². The Bertz CT molecular complexity index is 548. The van der Waals surface area contributed by atoms with Gasteiger partial charge in [0.15, 0.2) is 0 Å². The Morgan fingerprint density at radius 1 is 1.08 bits per heavy atom. The van der Waals surface area contributed by atoms with E-state index in [1.54, 1.807) is 4.90 Å². The van der Waals surface area contributed by atoms with Crippen LogP contribution < -0.4 is 0 Å². The summed E-state index contributed by atoms with van der Waals surface area (Å²) >= 11 is 0. The normalized spacial score (nSPS) is 16.7. The van der Waals surface area contributed by atoms with E-state index in [0.29, 0.717) is 32.6 Å². The molecular formula is C18H27N3O3. The van der Waals surface area contributed by atoms with Gasteiger partial charge in [0, 0.05) is 26.2 Å². The molecule has 0 N–H and O–H groups in total. The van der Waals surface area contributed by atoms with Gasteiger partial charge in [-0.15, -0.1) is 0 Å². The van der Waals surface area contributed by atoms with Gasteiger partial charge in [-0.3, -0.25) is 9.69 Å². The first-order valence-corrected chi connectivity index (χ1v) is 8.35. The van der Waals surface area contributed by atoms with Crippen LogP contribution in [-0.4, -0.2) is 80.1 Å². The average Bonchev–Trinajstić information content (AvgIpc) is 2.85. The van der Waals surface area contributed by atoms with Gasteiger partial charge in [-0.1, -0.05) is 30.3 Å². The van der Waals surface area contributed by atoms with E-state index < -0.39 is 0 Å². The molecule has 6 nitrogen and oxygen atoms in total. The van der Waals surface area contributed by atoms with Crippen LogP contribution in [-0.2, 0) is 16.0 Å². The molecule has 0 unspecified atom stereocenters. The standard InChI is InChI=1S/C18H27N3O3/c1-19(2)16(14-15-8-5-4-6-9-15)17(22)20-10-7-11-21(13-12-20)18(23)24-3/h4-6,8-9,16H,7,10-14H2,1-3H3/t16-/m0/s1. The number of hydrogen-bond acceptors (Lipinski definition) is 4. The van der Waals surface area contributed by atoms with Gasteiger partial charge in [-0.05, 0) is 32.5 Å². The van der Waals surface area contributed by atoms with Gasteiger partial charge < -0.3 is 14.5 Å². The fraction of sp³-hybridized carbons (Fsp3) is 0.556. The summed E-state index contributed by atoms with van der Waals surface area (Å²) in [5.74, 6) is 0.121. The molecule has 0 spiro atoms. The number of amides is 2. The Balaban J connectivity index is 2.02. The molecule has 1 aliphatic heterocycles. The van der Waals surface area contributed by atoms with E-state index >= 15 is 0 Å². The van der Waals surface area contributed by atoms with E-state index in [9.17, 15) is 9.59 Å². The van der Waals surface area contributed by atoms with Crippen LogP contribution in [0, 0.1) is 0 Å². The summed E-state index contributed by atoms with van der Waals surface area (Å²) in [6.07, 6.45) is 1.13.